The number of nitro groups is 1. The quantitative estimate of drug-likeness (QED) is 0.279. The Kier molecular flexibility index (Phi) is 2.50. The molecule has 0 atom stereocenters. The monoisotopic (exact) mass is 182 g/mol. The lowest BCUT2D eigenvalue weighted by atomic mass is 10.3. The molecule has 7 nitrogen and oxygen atoms in total. The fraction of sp³-hybridized carbons (Fsp3) is 0. The summed E-state index contributed by atoms with van der Waals surface area (Å²) in [6.45, 7) is 0. The van der Waals surface area contributed by atoms with Crippen molar-refractivity contribution in [2.45, 2.75) is 0 Å². The average Bonchev–Trinajstić information content (AvgIpc) is 2.17. The summed E-state index contributed by atoms with van der Waals surface area (Å²) in [4.78, 5) is 23.9. The first kappa shape index (κ1) is 9.07. The smallest absolute Gasteiger partial charge is 0.358 e. The Bertz CT molecular complexity index is 351. The van der Waals surface area contributed by atoms with Crippen molar-refractivity contribution in [1.29, 1.82) is 0 Å². The summed E-state index contributed by atoms with van der Waals surface area (Å²) in [6.07, 6.45) is 0. The number of nitrogens with one attached hydrogen (secondary N) is 1. The molecule has 3 N–H and O–H groups in total. The number of nitrogen functional groups attached to an aromatic ring is 1. The number of nitrogens with two attached hydrogens (primary N) is 1. The minimum atomic E-state index is -0.687. The van der Waals surface area contributed by atoms with Crippen molar-refractivity contribution >= 4 is 11.7 Å². The molecule has 1 aromatic rings. The Hall–Kier alpha value is -2.02. The first-order chi connectivity index (χ1) is 6.15. The highest BCUT2D eigenvalue weighted by molar-refractivity contribution is 5.91. The van der Waals surface area contributed by atoms with Gasteiger partial charge in [0.2, 0.25) is 5.69 Å². The Balaban J connectivity index is 3.05. The largest absolute Gasteiger partial charge is 0.364 e. The van der Waals surface area contributed by atoms with Gasteiger partial charge in [-0.3, -0.25) is 10.2 Å². The van der Waals surface area contributed by atoms with Gasteiger partial charge in [0.05, 0.1) is 0 Å². The van der Waals surface area contributed by atoms with Gasteiger partial charge in [-0.25, -0.2) is 5.84 Å². The molecule has 0 aliphatic carbocycles. The number of hydrazine groups is 1. The van der Waals surface area contributed by atoms with E-state index in [-0.39, 0.29) is 11.5 Å². The van der Waals surface area contributed by atoms with Crippen LogP contribution in [-0.4, -0.2) is 15.8 Å². The third-order valence-electron chi connectivity index (χ3n) is 1.29. The highest BCUT2D eigenvalue weighted by Crippen LogP contribution is 2.06. The third-order valence-corrected chi connectivity index (χ3v) is 1.29. The first-order valence-corrected chi connectivity index (χ1v) is 3.27. The van der Waals surface area contributed by atoms with Crippen LogP contribution >= 0.6 is 0 Å². The van der Waals surface area contributed by atoms with Gasteiger partial charge in [0.25, 0.3) is 0 Å². The molecule has 0 unspecified atom stereocenters. The van der Waals surface area contributed by atoms with Crippen LogP contribution < -0.4 is 11.3 Å². The van der Waals surface area contributed by atoms with Gasteiger partial charge < -0.3 is 10.1 Å². The van der Waals surface area contributed by atoms with Gasteiger partial charge in [-0.1, -0.05) is 0 Å². The van der Waals surface area contributed by atoms with Crippen LogP contribution in [0.1, 0.15) is 10.5 Å². The van der Waals surface area contributed by atoms with E-state index >= 15 is 0 Å². The lowest BCUT2D eigenvalue weighted by molar-refractivity contribution is -0.389. The zero-order chi connectivity index (χ0) is 9.84. The minimum Gasteiger partial charge on any atom is -0.358 e. The predicted molar refractivity (Wildman–Crippen MR) is 42.5 cm³/mol. The van der Waals surface area contributed by atoms with E-state index < -0.39 is 10.8 Å². The molecule has 0 saturated carbocycles. The predicted octanol–water partition coefficient (Wildman–Crippen LogP) is -0.407. The van der Waals surface area contributed by atoms with Crippen molar-refractivity contribution in [1.82, 2.24) is 10.4 Å². The minimum absolute atomic E-state index is 0.0864. The molecule has 1 aromatic heterocycles. The number of pyridine rings is 1. The summed E-state index contributed by atoms with van der Waals surface area (Å²) in [7, 11) is 0. The molecule has 1 amide bonds. The molecule has 0 aromatic carbocycles. The Morgan fingerprint density at radius 1 is 1.62 bits per heavy atom. The van der Waals surface area contributed by atoms with Crippen molar-refractivity contribution in [3.8, 4) is 0 Å². The van der Waals surface area contributed by atoms with Crippen LogP contribution in [0.5, 0.6) is 0 Å². The molecule has 68 valence electrons. The van der Waals surface area contributed by atoms with Gasteiger partial charge in [-0.2, -0.15) is 0 Å². The summed E-state index contributed by atoms with van der Waals surface area (Å²) < 4.78 is 0. The average molecular weight is 182 g/mol. The van der Waals surface area contributed by atoms with Gasteiger partial charge in [0.15, 0.2) is 0 Å². The zero-order valence-corrected chi connectivity index (χ0v) is 6.43. The molecule has 0 fully saturated rings. The molecule has 13 heavy (non-hydrogen) atoms. The maximum absolute atomic E-state index is 10.9. The molecular weight excluding hydrogens is 176 g/mol. The second-order valence-electron chi connectivity index (χ2n) is 2.11. The number of carbonyl (C=O) groups is 1. The van der Waals surface area contributed by atoms with Gasteiger partial charge in [-0.15, -0.1) is 0 Å². The first-order valence-electron chi connectivity index (χ1n) is 3.27. The molecule has 0 saturated heterocycles. The summed E-state index contributed by atoms with van der Waals surface area (Å²) >= 11 is 0. The molecule has 0 bridgehead atoms. The Labute approximate surface area is 72.7 Å². The highest BCUT2D eigenvalue weighted by atomic mass is 16.6. The van der Waals surface area contributed by atoms with Crippen LogP contribution in [0.4, 0.5) is 5.82 Å². The molecule has 7 heteroatoms. The normalized spacial score (nSPS) is 9.31. The van der Waals surface area contributed by atoms with Crippen LogP contribution in [0.15, 0.2) is 18.2 Å². The van der Waals surface area contributed by atoms with Crippen molar-refractivity contribution < 1.29 is 9.72 Å². The molecular formula is C6H6N4O3. The topological polar surface area (TPSA) is 111 Å². The Morgan fingerprint density at radius 2 is 2.31 bits per heavy atom. The van der Waals surface area contributed by atoms with E-state index in [9.17, 15) is 14.9 Å². The zero-order valence-electron chi connectivity index (χ0n) is 6.43. The number of nitrogens with zero attached hydrogens (tertiary/aromatic N) is 2. The van der Waals surface area contributed by atoms with Crippen LogP contribution in [0.3, 0.4) is 0 Å². The molecule has 1 rings (SSSR count). The molecule has 0 spiro atoms. The fourth-order valence-electron chi connectivity index (χ4n) is 0.725. The fourth-order valence-corrected chi connectivity index (χ4v) is 0.725. The van der Waals surface area contributed by atoms with Crippen LogP contribution in [0.25, 0.3) is 0 Å². The van der Waals surface area contributed by atoms with E-state index in [1.54, 1.807) is 0 Å². The van der Waals surface area contributed by atoms with Gasteiger partial charge in [-0.05, 0) is 22.0 Å². The number of rotatable bonds is 2. The molecule has 0 aliphatic rings. The van der Waals surface area contributed by atoms with Gasteiger partial charge in [0.1, 0.15) is 0 Å². The van der Waals surface area contributed by atoms with Crippen LogP contribution in [0, 0.1) is 10.1 Å². The summed E-state index contributed by atoms with van der Waals surface area (Å²) in [5.41, 5.74) is 1.74. The number of hydrogen-bond donors (Lipinski definition) is 2. The van der Waals surface area contributed by atoms with Gasteiger partial charge in [0, 0.05) is 6.07 Å². The Morgan fingerprint density at radius 3 is 2.85 bits per heavy atom. The van der Waals surface area contributed by atoms with E-state index in [0.717, 1.165) is 0 Å². The second kappa shape index (κ2) is 3.59. The number of aromatic nitrogens is 1. The SMILES string of the molecule is NNC(=O)c1cccc([N+](=O)[O-])n1. The number of carbonyl (C=O) groups excluding carboxylic acids is 1. The summed E-state index contributed by atoms with van der Waals surface area (Å²) in [5, 5.41) is 10.2. The molecule has 0 radical (unpaired) electrons. The van der Waals surface area contributed by atoms with Crippen molar-refractivity contribution in [3.63, 3.8) is 0 Å². The second-order valence-corrected chi connectivity index (χ2v) is 2.11. The molecule has 1 heterocycles. The van der Waals surface area contributed by atoms with E-state index in [2.05, 4.69) is 4.98 Å². The number of hydrogen-bond acceptors (Lipinski definition) is 5. The van der Waals surface area contributed by atoms with Crippen molar-refractivity contribution in [2.24, 2.45) is 5.84 Å². The van der Waals surface area contributed by atoms with E-state index in [4.69, 9.17) is 5.84 Å². The van der Waals surface area contributed by atoms with Gasteiger partial charge >= 0.3 is 11.7 Å². The standard InChI is InChI=1S/C6H6N4O3/c7-9-6(11)4-2-1-3-5(8-4)10(12)13/h1-3H,7H2,(H,9,11). The van der Waals surface area contributed by atoms with Crippen molar-refractivity contribution in [3.05, 3.63) is 34.0 Å². The summed E-state index contributed by atoms with van der Waals surface area (Å²) in [5.74, 6) is 3.77. The van der Waals surface area contributed by atoms with Crippen LogP contribution in [-0.2, 0) is 0 Å². The lowest BCUT2D eigenvalue weighted by Gasteiger charge is -1.94. The van der Waals surface area contributed by atoms with Crippen LogP contribution in [0.2, 0.25) is 0 Å². The van der Waals surface area contributed by atoms with E-state index in [1.165, 1.54) is 18.2 Å². The highest BCUT2D eigenvalue weighted by Gasteiger charge is 2.14. The lowest BCUT2D eigenvalue weighted by Crippen LogP contribution is -2.30. The van der Waals surface area contributed by atoms with E-state index in [0.29, 0.717) is 0 Å². The summed E-state index contributed by atoms with van der Waals surface area (Å²) in [6, 6.07) is 3.87. The van der Waals surface area contributed by atoms with Crippen molar-refractivity contribution in [2.75, 3.05) is 0 Å². The third kappa shape index (κ3) is 1.97. The maximum Gasteiger partial charge on any atom is 0.364 e. The van der Waals surface area contributed by atoms with E-state index in [1.807, 2.05) is 5.43 Å². The molecule has 0 aliphatic heterocycles. The number of amides is 1. The maximum atomic E-state index is 10.9.